The van der Waals surface area contributed by atoms with Crippen LogP contribution in [0.25, 0.3) is 0 Å². The summed E-state index contributed by atoms with van der Waals surface area (Å²) < 4.78 is 5.29. The second kappa shape index (κ2) is 7.50. The molecular weight excluding hydrogens is 220 g/mol. The maximum absolute atomic E-state index is 10.8. The molecule has 0 aliphatic carbocycles. The van der Waals surface area contributed by atoms with Crippen LogP contribution in [0.4, 0.5) is 4.79 Å². The van der Waals surface area contributed by atoms with Crippen molar-refractivity contribution in [3.8, 4) is 0 Å². The quantitative estimate of drug-likeness (QED) is 0.719. The molecule has 1 rings (SSSR count). The Kier molecular flexibility index (Phi) is 6.29. The van der Waals surface area contributed by atoms with E-state index in [1.54, 1.807) is 0 Å². The summed E-state index contributed by atoms with van der Waals surface area (Å²) in [4.78, 5) is 14.7. The van der Waals surface area contributed by atoms with Gasteiger partial charge in [0.05, 0.1) is 0 Å². The summed E-state index contributed by atoms with van der Waals surface area (Å²) >= 11 is 0. The number of hydrogen-bond acceptors (Lipinski definition) is 3. The van der Waals surface area contributed by atoms with Gasteiger partial charge in [0.25, 0.3) is 0 Å². The predicted octanol–water partition coefficient (Wildman–Crippen LogP) is 1.49. The molecule has 0 aromatic heterocycles. The summed E-state index contributed by atoms with van der Waals surface area (Å²) in [6.45, 7) is 8.87. The third-order valence-corrected chi connectivity index (χ3v) is 3.22. The summed E-state index contributed by atoms with van der Waals surface area (Å²) in [6, 6.07) is 0.326. The lowest BCUT2D eigenvalue weighted by Crippen LogP contribution is -2.53. The Labute approximate surface area is 103 Å². The zero-order chi connectivity index (χ0) is 12.7. The minimum absolute atomic E-state index is 0.326. The van der Waals surface area contributed by atoms with Crippen LogP contribution in [0.3, 0.4) is 0 Å². The minimum Gasteiger partial charge on any atom is -0.465 e. The number of unbranched alkanes of at least 4 members (excludes halogenated alkanes) is 1. The van der Waals surface area contributed by atoms with E-state index < -0.39 is 6.09 Å². The molecule has 1 amide bonds. The first kappa shape index (κ1) is 14.3. The molecule has 1 N–H and O–H groups in total. The zero-order valence-electron chi connectivity index (χ0n) is 10.9. The van der Waals surface area contributed by atoms with Crippen molar-refractivity contribution in [2.75, 3.05) is 39.4 Å². The van der Waals surface area contributed by atoms with Gasteiger partial charge in [-0.3, -0.25) is 4.90 Å². The molecule has 1 aliphatic rings. The van der Waals surface area contributed by atoms with Crippen molar-refractivity contribution < 1.29 is 14.6 Å². The summed E-state index contributed by atoms with van der Waals surface area (Å²) in [7, 11) is 0. The Morgan fingerprint density at radius 3 is 2.76 bits per heavy atom. The summed E-state index contributed by atoms with van der Waals surface area (Å²) in [5, 5.41) is 8.91. The van der Waals surface area contributed by atoms with E-state index >= 15 is 0 Å². The lowest BCUT2D eigenvalue weighted by atomic mass is 10.2. The molecule has 0 spiro atoms. The Bertz CT molecular complexity index is 236. The highest BCUT2D eigenvalue weighted by molar-refractivity contribution is 5.65. The molecule has 1 heterocycles. The molecule has 0 unspecified atom stereocenters. The number of carbonyl (C=O) groups is 1. The van der Waals surface area contributed by atoms with Gasteiger partial charge < -0.3 is 14.7 Å². The fourth-order valence-corrected chi connectivity index (χ4v) is 2.16. The molecule has 17 heavy (non-hydrogen) atoms. The van der Waals surface area contributed by atoms with Gasteiger partial charge in [0.15, 0.2) is 0 Å². The molecule has 1 saturated heterocycles. The third-order valence-electron chi connectivity index (χ3n) is 3.22. The molecule has 5 heteroatoms. The Hall–Kier alpha value is -0.810. The fraction of sp³-hybridized carbons (Fsp3) is 0.917. The number of piperazine rings is 1. The molecule has 0 radical (unpaired) electrons. The van der Waals surface area contributed by atoms with E-state index in [0.29, 0.717) is 19.1 Å². The van der Waals surface area contributed by atoms with Crippen molar-refractivity contribution in [3.05, 3.63) is 0 Å². The van der Waals surface area contributed by atoms with E-state index in [4.69, 9.17) is 9.84 Å². The topological polar surface area (TPSA) is 53.0 Å². The van der Waals surface area contributed by atoms with E-state index in [1.807, 2.05) is 6.92 Å². The summed E-state index contributed by atoms with van der Waals surface area (Å²) in [5.74, 6) is 0. The van der Waals surface area contributed by atoms with Gasteiger partial charge in [0.1, 0.15) is 0 Å². The number of carboxylic acid groups (broad SMARTS) is 1. The van der Waals surface area contributed by atoms with Crippen molar-refractivity contribution in [2.45, 2.75) is 32.7 Å². The lowest BCUT2D eigenvalue weighted by molar-refractivity contribution is 0.0717. The maximum Gasteiger partial charge on any atom is 0.407 e. The second-order valence-corrected chi connectivity index (χ2v) is 4.52. The molecule has 100 valence electrons. The second-order valence-electron chi connectivity index (χ2n) is 4.52. The molecule has 1 aliphatic heterocycles. The molecule has 0 aromatic rings. The average molecular weight is 244 g/mol. The summed E-state index contributed by atoms with van der Waals surface area (Å²) in [5.41, 5.74) is 0. The number of hydrogen-bond donors (Lipinski definition) is 1. The van der Waals surface area contributed by atoms with Crippen molar-refractivity contribution in [2.24, 2.45) is 0 Å². The van der Waals surface area contributed by atoms with Gasteiger partial charge in [-0.15, -0.1) is 0 Å². The van der Waals surface area contributed by atoms with E-state index in [1.165, 1.54) is 4.90 Å². The number of ether oxygens (including phenoxy) is 1. The maximum atomic E-state index is 10.8. The first-order valence-corrected chi connectivity index (χ1v) is 6.44. The van der Waals surface area contributed by atoms with Crippen LogP contribution in [-0.2, 0) is 4.74 Å². The first-order chi connectivity index (χ1) is 8.15. The van der Waals surface area contributed by atoms with Crippen LogP contribution in [0.5, 0.6) is 0 Å². The van der Waals surface area contributed by atoms with Crippen molar-refractivity contribution >= 4 is 6.09 Å². The van der Waals surface area contributed by atoms with Gasteiger partial charge >= 0.3 is 6.09 Å². The molecular formula is C12H24N2O3. The van der Waals surface area contributed by atoms with Gasteiger partial charge in [-0.25, -0.2) is 4.79 Å². The highest BCUT2D eigenvalue weighted by Gasteiger charge is 2.25. The normalized spacial score (nSPS) is 21.8. The highest BCUT2D eigenvalue weighted by atomic mass is 16.5. The van der Waals surface area contributed by atoms with Crippen molar-refractivity contribution in [1.29, 1.82) is 0 Å². The lowest BCUT2D eigenvalue weighted by Gasteiger charge is -2.38. The predicted molar refractivity (Wildman–Crippen MR) is 66.4 cm³/mol. The van der Waals surface area contributed by atoms with Crippen LogP contribution in [0.1, 0.15) is 26.7 Å². The molecule has 1 atom stereocenters. The Morgan fingerprint density at radius 2 is 2.18 bits per heavy atom. The van der Waals surface area contributed by atoms with Gasteiger partial charge in [0, 0.05) is 38.9 Å². The van der Waals surface area contributed by atoms with Crippen LogP contribution in [0.15, 0.2) is 0 Å². The molecule has 0 aromatic carbocycles. The van der Waals surface area contributed by atoms with Crippen LogP contribution in [0, 0.1) is 0 Å². The highest BCUT2D eigenvalue weighted by Crippen LogP contribution is 2.10. The largest absolute Gasteiger partial charge is 0.465 e. The van der Waals surface area contributed by atoms with Crippen molar-refractivity contribution in [1.82, 2.24) is 9.80 Å². The number of amides is 1. The smallest absolute Gasteiger partial charge is 0.407 e. The van der Waals surface area contributed by atoms with Gasteiger partial charge in [-0.05, 0) is 33.2 Å². The molecule has 0 bridgehead atoms. The monoisotopic (exact) mass is 244 g/mol. The molecule has 0 saturated carbocycles. The average Bonchev–Trinajstić information content (AvgIpc) is 2.30. The van der Waals surface area contributed by atoms with Gasteiger partial charge in [0.2, 0.25) is 0 Å². The molecule has 1 fully saturated rings. The van der Waals surface area contributed by atoms with Crippen LogP contribution in [-0.4, -0.2) is 66.4 Å². The molecule has 5 nitrogen and oxygen atoms in total. The van der Waals surface area contributed by atoms with Gasteiger partial charge in [-0.1, -0.05) is 0 Å². The zero-order valence-corrected chi connectivity index (χ0v) is 10.9. The SMILES string of the molecule is CCOCCCCN1CCN(C(=O)O)C[C@H]1C. The minimum atomic E-state index is -0.798. The summed E-state index contributed by atoms with van der Waals surface area (Å²) in [6.07, 6.45) is 1.41. The number of nitrogens with zero attached hydrogens (tertiary/aromatic N) is 2. The van der Waals surface area contributed by atoms with Crippen LogP contribution < -0.4 is 0 Å². The van der Waals surface area contributed by atoms with E-state index in [9.17, 15) is 4.79 Å². The first-order valence-electron chi connectivity index (χ1n) is 6.44. The van der Waals surface area contributed by atoms with Gasteiger partial charge in [-0.2, -0.15) is 0 Å². The number of rotatable bonds is 6. The van der Waals surface area contributed by atoms with E-state index in [-0.39, 0.29) is 0 Å². The van der Waals surface area contributed by atoms with E-state index in [2.05, 4.69) is 11.8 Å². The van der Waals surface area contributed by atoms with Crippen LogP contribution in [0.2, 0.25) is 0 Å². The Morgan fingerprint density at radius 1 is 1.41 bits per heavy atom. The Balaban J connectivity index is 2.16. The third kappa shape index (κ3) is 4.91. The van der Waals surface area contributed by atoms with Crippen LogP contribution >= 0.6 is 0 Å². The standard InChI is InChI=1S/C12H24N2O3/c1-3-17-9-5-4-6-13-7-8-14(12(15)16)10-11(13)2/h11H,3-10H2,1-2H3,(H,15,16)/t11-/m1/s1. The van der Waals surface area contributed by atoms with E-state index in [0.717, 1.165) is 39.1 Å². The van der Waals surface area contributed by atoms with Crippen molar-refractivity contribution in [3.63, 3.8) is 0 Å². The fourth-order valence-electron chi connectivity index (χ4n) is 2.16.